The maximum atomic E-state index is 11.5. The van der Waals surface area contributed by atoms with Gasteiger partial charge in [0.2, 0.25) is 5.91 Å². The van der Waals surface area contributed by atoms with E-state index < -0.39 is 0 Å². The van der Waals surface area contributed by atoms with Gasteiger partial charge in [0.15, 0.2) is 0 Å². The fourth-order valence-corrected chi connectivity index (χ4v) is 2.42. The summed E-state index contributed by atoms with van der Waals surface area (Å²) in [5.41, 5.74) is 0. The van der Waals surface area contributed by atoms with Gasteiger partial charge >= 0.3 is 0 Å². The Kier molecular flexibility index (Phi) is 5.41. The first-order valence-corrected chi connectivity index (χ1v) is 6.87. The van der Waals surface area contributed by atoms with E-state index in [9.17, 15) is 4.79 Å². The molecule has 0 aromatic heterocycles. The number of hydrogen-bond acceptors (Lipinski definition) is 4. The van der Waals surface area contributed by atoms with E-state index in [0.717, 1.165) is 19.1 Å². The van der Waals surface area contributed by atoms with Crippen molar-refractivity contribution in [2.45, 2.75) is 25.3 Å². The second kappa shape index (κ2) is 7.07. The molecule has 0 bridgehead atoms. The molecule has 104 valence electrons. The van der Waals surface area contributed by atoms with Gasteiger partial charge in [-0.1, -0.05) is 0 Å². The zero-order valence-corrected chi connectivity index (χ0v) is 11.2. The molecule has 2 fully saturated rings. The highest BCUT2D eigenvalue weighted by molar-refractivity contribution is 5.77. The largest absolute Gasteiger partial charge is 0.382 e. The lowest BCUT2D eigenvalue weighted by Gasteiger charge is -2.15. The monoisotopic (exact) mass is 256 g/mol. The minimum atomic E-state index is -0.0176. The molecular weight excluding hydrogens is 232 g/mol. The van der Waals surface area contributed by atoms with Crippen LogP contribution >= 0.6 is 0 Å². The van der Waals surface area contributed by atoms with Crippen LogP contribution in [0.25, 0.3) is 0 Å². The topological polar surface area (TPSA) is 50.8 Å². The Morgan fingerprint density at radius 2 is 2.17 bits per heavy atom. The molecule has 2 aliphatic rings. The standard InChI is InChI=1S/C13H24N2O3/c1-17-6-7-18-10-13(16)14-8-11-4-5-15(9-11)12-2-3-12/h11-12H,2-10H2,1H3,(H,14,16). The summed E-state index contributed by atoms with van der Waals surface area (Å²) in [7, 11) is 1.62. The lowest BCUT2D eigenvalue weighted by atomic mass is 10.1. The lowest BCUT2D eigenvalue weighted by molar-refractivity contribution is -0.126. The molecule has 0 aromatic rings. The number of amides is 1. The molecule has 0 radical (unpaired) electrons. The van der Waals surface area contributed by atoms with Crippen molar-refractivity contribution in [2.75, 3.05) is 46.6 Å². The van der Waals surface area contributed by atoms with Gasteiger partial charge in [0.1, 0.15) is 6.61 Å². The summed E-state index contributed by atoms with van der Waals surface area (Å²) < 4.78 is 10.0. The molecule has 1 amide bonds. The molecule has 2 rings (SSSR count). The molecule has 5 heteroatoms. The van der Waals surface area contributed by atoms with Crippen LogP contribution in [0, 0.1) is 5.92 Å². The number of carbonyl (C=O) groups excluding carboxylic acids is 1. The zero-order valence-electron chi connectivity index (χ0n) is 11.2. The van der Waals surface area contributed by atoms with Crippen molar-refractivity contribution in [3.8, 4) is 0 Å². The van der Waals surface area contributed by atoms with E-state index in [1.165, 1.54) is 25.8 Å². The highest BCUT2D eigenvalue weighted by atomic mass is 16.5. The van der Waals surface area contributed by atoms with Gasteiger partial charge in [-0.15, -0.1) is 0 Å². The Hall–Kier alpha value is -0.650. The Morgan fingerprint density at radius 1 is 1.33 bits per heavy atom. The first-order valence-electron chi connectivity index (χ1n) is 6.87. The van der Waals surface area contributed by atoms with Crippen molar-refractivity contribution in [2.24, 2.45) is 5.92 Å². The molecule has 1 aliphatic carbocycles. The van der Waals surface area contributed by atoms with Crippen LogP contribution in [0.3, 0.4) is 0 Å². The summed E-state index contributed by atoms with van der Waals surface area (Å²) in [5.74, 6) is 0.601. The van der Waals surface area contributed by atoms with E-state index in [0.29, 0.717) is 19.1 Å². The molecule has 1 unspecified atom stereocenters. The van der Waals surface area contributed by atoms with E-state index in [2.05, 4.69) is 10.2 Å². The van der Waals surface area contributed by atoms with Gasteiger partial charge in [-0.05, 0) is 31.7 Å². The number of carbonyl (C=O) groups is 1. The number of hydrogen-bond donors (Lipinski definition) is 1. The van der Waals surface area contributed by atoms with Crippen molar-refractivity contribution in [3.05, 3.63) is 0 Å². The summed E-state index contributed by atoms with van der Waals surface area (Å²) in [6, 6.07) is 0.850. The predicted octanol–water partition coefficient (Wildman–Crippen LogP) is 0.250. The van der Waals surface area contributed by atoms with Crippen molar-refractivity contribution in [3.63, 3.8) is 0 Å². The van der Waals surface area contributed by atoms with E-state index in [1.54, 1.807) is 7.11 Å². The summed E-state index contributed by atoms with van der Waals surface area (Å²) in [6.45, 7) is 4.29. The van der Waals surface area contributed by atoms with E-state index >= 15 is 0 Å². The van der Waals surface area contributed by atoms with Crippen LogP contribution in [-0.2, 0) is 14.3 Å². The van der Waals surface area contributed by atoms with Crippen molar-refractivity contribution in [1.82, 2.24) is 10.2 Å². The van der Waals surface area contributed by atoms with E-state index in [1.807, 2.05) is 0 Å². The van der Waals surface area contributed by atoms with Gasteiger partial charge in [0, 0.05) is 26.2 Å². The summed E-state index contributed by atoms with van der Waals surface area (Å²) in [5, 5.41) is 2.95. The second-order valence-electron chi connectivity index (χ2n) is 5.23. The molecule has 1 saturated carbocycles. The smallest absolute Gasteiger partial charge is 0.246 e. The molecule has 0 aromatic carbocycles. The van der Waals surface area contributed by atoms with Crippen LogP contribution in [0.15, 0.2) is 0 Å². The van der Waals surface area contributed by atoms with E-state index in [-0.39, 0.29) is 12.5 Å². The van der Waals surface area contributed by atoms with Crippen molar-refractivity contribution in [1.29, 1.82) is 0 Å². The molecule has 1 heterocycles. The molecular formula is C13H24N2O3. The molecule has 1 N–H and O–H groups in total. The Bertz CT molecular complexity index is 269. The Balaban J connectivity index is 1.50. The minimum Gasteiger partial charge on any atom is -0.382 e. The van der Waals surface area contributed by atoms with Crippen LogP contribution in [0.4, 0.5) is 0 Å². The number of nitrogens with zero attached hydrogens (tertiary/aromatic N) is 1. The maximum absolute atomic E-state index is 11.5. The fourth-order valence-electron chi connectivity index (χ4n) is 2.42. The first kappa shape index (κ1) is 13.8. The van der Waals surface area contributed by atoms with Crippen LogP contribution in [0.1, 0.15) is 19.3 Å². The average molecular weight is 256 g/mol. The van der Waals surface area contributed by atoms with Gasteiger partial charge in [-0.25, -0.2) is 0 Å². The number of methoxy groups -OCH3 is 1. The third-order valence-corrected chi connectivity index (χ3v) is 3.63. The molecule has 1 aliphatic heterocycles. The zero-order chi connectivity index (χ0) is 12.8. The van der Waals surface area contributed by atoms with Gasteiger partial charge in [0.25, 0.3) is 0 Å². The summed E-state index contributed by atoms with van der Waals surface area (Å²) in [4.78, 5) is 14.1. The van der Waals surface area contributed by atoms with Crippen LogP contribution in [-0.4, -0.2) is 63.4 Å². The molecule has 0 spiro atoms. The SMILES string of the molecule is COCCOCC(=O)NCC1CCN(C2CC2)C1. The fraction of sp³-hybridized carbons (Fsp3) is 0.923. The lowest BCUT2D eigenvalue weighted by Crippen LogP contribution is -2.34. The normalized spacial score (nSPS) is 24.4. The average Bonchev–Trinajstić information content (AvgIpc) is 3.12. The minimum absolute atomic E-state index is 0.0176. The molecule has 1 atom stereocenters. The van der Waals surface area contributed by atoms with Crippen molar-refractivity contribution >= 4 is 5.91 Å². The number of nitrogens with one attached hydrogen (secondary N) is 1. The van der Waals surface area contributed by atoms with Gasteiger partial charge in [0.05, 0.1) is 13.2 Å². The third-order valence-electron chi connectivity index (χ3n) is 3.63. The molecule has 18 heavy (non-hydrogen) atoms. The van der Waals surface area contributed by atoms with Gasteiger partial charge in [-0.3, -0.25) is 4.79 Å². The van der Waals surface area contributed by atoms with Gasteiger partial charge in [-0.2, -0.15) is 0 Å². The van der Waals surface area contributed by atoms with Crippen LogP contribution < -0.4 is 5.32 Å². The number of rotatable bonds is 8. The van der Waals surface area contributed by atoms with Crippen LogP contribution in [0.5, 0.6) is 0 Å². The summed E-state index contributed by atoms with van der Waals surface area (Å²) in [6.07, 6.45) is 3.94. The maximum Gasteiger partial charge on any atom is 0.246 e. The first-order chi connectivity index (χ1) is 8.79. The Morgan fingerprint density at radius 3 is 2.89 bits per heavy atom. The number of likely N-dealkylation sites (tertiary alicyclic amines) is 1. The highest BCUT2D eigenvalue weighted by Gasteiger charge is 2.34. The quantitative estimate of drug-likeness (QED) is 0.633. The predicted molar refractivity (Wildman–Crippen MR) is 68.4 cm³/mol. The Labute approximate surface area is 109 Å². The molecule has 1 saturated heterocycles. The summed E-state index contributed by atoms with van der Waals surface area (Å²) >= 11 is 0. The second-order valence-corrected chi connectivity index (χ2v) is 5.23. The third kappa shape index (κ3) is 4.55. The highest BCUT2D eigenvalue weighted by Crippen LogP contribution is 2.31. The van der Waals surface area contributed by atoms with Crippen molar-refractivity contribution < 1.29 is 14.3 Å². The van der Waals surface area contributed by atoms with Crippen LogP contribution in [0.2, 0.25) is 0 Å². The number of ether oxygens (including phenoxy) is 2. The molecule has 5 nitrogen and oxygen atoms in total. The van der Waals surface area contributed by atoms with Gasteiger partial charge < -0.3 is 19.7 Å². The van der Waals surface area contributed by atoms with E-state index in [4.69, 9.17) is 9.47 Å².